The molecule has 154 valence electrons. The summed E-state index contributed by atoms with van der Waals surface area (Å²) in [4.78, 5) is 6.97. The Kier molecular flexibility index (Phi) is 5.35. The molecule has 5 nitrogen and oxygen atoms in total. The molecule has 0 bridgehead atoms. The van der Waals surface area contributed by atoms with E-state index in [-0.39, 0.29) is 5.82 Å². The highest BCUT2D eigenvalue weighted by Crippen LogP contribution is 2.39. The lowest BCUT2D eigenvalue weighted by Gasteiger charge is -2.19. The smallest absolute Gasteiger partial charge is 0.148 e. The third-order valence-corrected chi connectivity index (χ3v) is 6.49. The van der Waals surface area contributed by atoms with Gasteiger partial charge in [-0.1, -0.05) is 17.7 Å². The van der Waals surface area contributed by atoms with E-state index < -0.39 is 0 Å². The molecule has 2 aromatic heterocycles. The topological polar surface area (TPSA) is 53.9 Å². The summed E-state index contributed by atoms with van der Waals surface area (Å²) in [7, 11) is 0. The summed E-state index contributed by atoms with van der Waals surface area (Å²) in [6, 6.07) is 14.5. The molecule has 1 aliphatic heterocycles. The molecule has 1 unspecified atom stereocenters. The minimum Gasteiger partial charge on any atom is -0.366 e. The summed E-state index contributed by atoms with van der Waals surface area (Å²) in [5.74, 6) is 1.84. The number of benzene rings is 1. The largest absolute Gasteiger partial charge is 0.366 e. The molecule has 1 aromatic carbocycles. The van der Waals surface area contributed by atoms with Crippen LogP contribution in [0.2, 0.25) is 5.02 Å². The molecule has 0 amide bonds. The number of anilines is 1. The van der Waals surface area contributed by atoms with Crippen LogP contribution in [0.5, 0.6) is 0 Å². The van der Waals surface area contributed by atoms with E-state index in [1.165, 1.54) is 18.2 Å². The maximum Gasteiger partial charge on any atom is 0.148 e. The van der Waals surface area contributed by atoms with Crippen LogP contribution in [0.1, 0.15) is 18.5 Å². The highest BCUT2D eigenvalue weighted by atomic mass is 35.5. The second kappa shape index (κ2) is 8.28. The number of nitrogens with one attached hydrogen (secondary N) is 1. The van der Waals surface area contributed by atoms with Gasteiger partial charge in [0.1, 0.15) is 11.6 Å². The van der Waals surface area contributed by atoms with Crippen LogP contribution in [0.3, 0.4) is 0 Å². The normalized spacial score (nSPS) is 23.5. The van der Waals surface area contributed by atoms with Crippen LogP contribution >= 0.6 is 11.6 Å². The van der Waals surface area contributed by atoms with Gasteiger partial charge < -0.3 is 5.32 Å². The van der Waals surface area contributed by atoms with Crippen molar-refractivity contribution in [3.63, 3.8) is 0 Å². The summed E-state index contributed by atoms with van der Waals surface area (Å²) >= 11 is 6.17. The van der Waals surface area contributed by atoms with Gasteiger partial charge in [-0.05, 0) is 67.1 Å². The SMILES string of the molecule is Fc1ccc(Cl)c(-c2ccc(NC3C[C@@H]4CN(Cc5ccccn5)C[C@@H]4C3)nn2)c1. The van der Waals surface area contributed by atoms with Gasteiger partial charge in [0.25, 0.3) is 0 Å². The Bertz CT molecular complexity index is 1000. The van der Waals surface area contributed by atoms with Gasteiger partial charge in [-0.25, -0.2) is 4.39 Å². The van der Waals surface area contributed by atoms with Crippen LogP contribution in [-0.2, 0) is 6.54 Å². The molecule has 2 fully saturated rings. The summed E-state index contributed by atoms with van der Waals surface area (Å²) in [5, 5.41) is 12.5. The molecular formula is C23H23ClFN5. The lowest BCUT2D eigenvalue weighted by atomic mass is 10.0. The first-order chi connectivity index (χ1) is 14.6. The zero-order chi connectivity index (χ0) is 20.5. The Balaban J connectivity index is 1.17. The zero-order valence-corrected chi connectivity index (χ0v) is 17.3. The Labute approximate surface area is 180 Å². The fourth-order valence-corrected chi connectivity index (χ4v) is 5.03. The van der Waals surface area contributed by atoms with Crippen LogP contribution in [0, 0.1) is 17.7 Å². The minimum atomic E-state index is -0.340. The summed E-state index contributed by atoms with van der Waals surface area (Å²) < 4.78 is 13.5. The number of likely N-dealkylation sites (tertiary alicyclic amines) is 1. The standard InChI is InChI=1S/C23H23ClFN5/c24-21-5-4-17(25)11-20(21)22-6-7-23(29-28-22)27-19-9-15-12-30(13-16(15)10-19)14-18-3-1-2-8-26-18/h1-8,11,15-16,19H,9-10,12-14H2,(H,27,29)/t15-,16+,19?. The quantitative estimate of drug-likeness (QED) is 0.647. The molecule has 7 heteroatoms. The predicted octanol–water partition coefficient (Wildman–Crippen LogP) is 4.65. The molecule has 1 aliphatic carbocycles. The van der Waals surface area contributed by atoms with Gasteiger partial charge in [0.2, 0.25) is 0 Å². The van der Waals surface area contributed by atoms with Crippen molar-refractivity contribution < 1.29 is 4.39 Å². The third kappa shape index (κ3) is 4.16. The van der Waals surface area contributed by atoms with E-state index in [1.807, 2.05) is 30.5 Å². The maximum absolute atomic E-state index is 13.5. The van der Waals surface area contributed by atoms with Crippen LogP contribution in [0.25, 0.3) is 11.3 Å². The molecule has 0 radical (unpaired) electrons. The first kappa shape index (κ1) is 19.4. The van der Waals surface area contributed by atoms with Crippen molar-refractivity contribution in [3.05, 3.63) is 71.3 Å². The van der Waals surface area contributed by atoms with Gasteiger partial charge in [0.05, 0.1) is 16.4 Å². The second-order valence-corrected chi connectivity index (χ2v) is 8.68. The van der Waals surface area contributed by atoms with Crippen molar-refractivity contribution in [1.29, 1.82) is 0 Å². The number of fused-ring (bicyclic) bond motifs is 1. The summed E-state index contributed by atoms with van der Waals surface area (Å²) in [6.45, 7) is 3.19. The number of halogens is 2. The Hall–Kier alpha value is -2.57. The number of hydrogen-bond acceptors (Lipinski definition) is 5. The van der Waals surface area contributed by atoms with E-state index >= 15 is 0 Å². The fraction of sp³-hybridized carbons (Fsp3) is 0.348. The monoisotopic (exact) mass is 423 g/mol. The molecular weight excluding hydrogens is 401 g/mol. The molecule has 1 N–H and O–H groups in total. The predicted molar refractivity (Wildman–Crippen MR) is 116 cm³/mol. The summed E-state index contributed by atoms with van der Waals surface area (Å²) in [6.07, 6.45) is 4.14. The molecule has 2 aliphatic rings. The van der Waals surface area contributed by atoms with E-state index in [4.69, 9.17) is 11.6 Å². The van der Waals surface area contributed by atoms with Gasteiger partial charge in [-0.2, -0.15) is 0 Å². The van der Waals surface area contributed by atoms with Gasteiger partial charge in [0.15, 0.2) is 0 Å². The molecule has 3 aromatic rings. The number of aromatic nitrogens is 3. The van der Waals surface area contributed by atoms with Crippen LogP contribution in [0.15, 0.2) is 54.7 Å². The first-order valence-electron chi connectivity index (χ1n) is 10.3. The third-order valence-electron chi connectivity index (χ3n) is 6.16. The van der Waals surface area contributed by atoms with Crippen molar-refractivity contribution in [1.82, 2.24) is 20.1 Å². The van der Waals surface area contributed by atoms with Crippen LogP contribution < -0.4 is 5.32 Å². The summed E-state index contributed by atoms with van der Waals surface area (Å²) in [5.41, 5.74) is 2.26. The van der Waals surface area contributed by atoms with E-state index in [2.05, 4.69) is 31.5 Å². The van der Waals surface area contributed by atoms with Gasteiger partial charge in [-0.15, -0.1) is 10.2 Å². The van der Waals surface area contributed by atoms with Crippen molar-refractivity contribution in [2.75, 3.05) is 18.4 Å². The molecule has 1 saturated carbocycles. The van der Waals surface area contributed by atoms with E-state index in [1.54, 1.807) is 0 Å². The van der Waals surface area contributed by atoms with Crippen molar-refractivity contribution in [2.24, 2.45) is 11.8 Å². The van der Waals surface area contributed by atoms with Gasteiger partial charge in [-0.3, -0.25) is 9.88 Å². The average Bonchev–Trinajstić information content (AvgIpc) is 3.29. The van der Waals surface area contributed by atoms with E-state index in [0.29, 0.717) is 34.2 Å². The second-order valence-electron chi connectivity index (χ2n) is 8.28. The lowest BCUT2D eigenvalue weighted by molar-refractivity contribution is 0.297. The Morgan fingerprint density at radius 3 is 2.57 bits per heavy atom. The fourth-order valence-electron chi connectivity index (χ4n) is 4.82. The van der Waals surface area contributed by atoms with Crippen molar-refractivity contribution >= 4 is 17.4 Å². The van der Waals surface area contributed by atoms with Crippen LogP contribution in [0.4, 0.5) is 10.2 Å². The Morgan fingerprint density at radius 1 is 1.03 bits per heavy atom. The molecule has 3 heterocycles. The lowest BCUT2D eigenvalue weighted by Crippen LogP contribution is -2.25. The molecule has 3 atom stereocenters. The van der Waals surface area contributed by atoms with Crippen molar-refractivity contribution in [3.8, 4) is 11.3 Å². The zero-order valence-electron chi connectivity index (χ0n) is 16.5. The highest BCUT2D eigenvalue weighted by molar-refractivity contribution is 6.33. The van der Waals surface area contributed by atoms with Crippen molar-refractivity contribution in [2.45, 2.75) is 25.4 Å². The van der Waals surface area contributed by atoms with Gasteiger partial charge >= 0.3 is 0 Å². The highest BCUT2D eigenvalue weighted by Gasteiger charge is 2.40. The van der Waals surface area contributed by atoms with E-state index in [0.717, 1.165) is 44.0 Å². The Morgan fingerprint density at radius 2 is 1.87 bits per heavy atom. The minimum absolute atomic E-state index is 0.340. The number of hydrogen-bond donors (Lipinski definition) is 1. The first-order valence-corrected chi connectivity index (χ1v) is 10.7. The maximum atomic E-state index is 13.5. The average molecular weight is 424 g/mol. The van der Waals surface area contributed by atoms with E-state index in [9.17, 15) is 4.39 Å². The van der Waals surface area contributed by atoms with Crippen LogP contribution in [-0.4, -0.2) is 39.2 Å². The molecule has 1 saturated heterocycles. The molecule has 30 heavy (non-hydrogen) atoms. The number of nitrogens with zero attached hydrogens (tertiary/aromatic N) is 4. The van der Waals surface area contributed by atoms with Gasteiger partial charge in [0, 0.05) is 37.4 Å². The number of rotatable bonds is 5. The molecule has 0 spiro atoms. The molecule has 5 rings (SSSR count). The number of pyridine rings is 1.